The Hall–Kier alpha value is -5.23. The molecule has 0 bridgehead atoms. The molecular weight excluding hydrogens is 997 g/mol. The Morgan fingerprint density at radius 2 is 0.481 bits per heavy atom. The number of allylic oxidation sites excluding steroid dienone is 28. The maximum absolute atomic E-state index is 12.9. The van der Waals surface area contributed by atoms with Gasteiger partial charge >= 0.3 is 17.9 Å². The van der Waals surface area contributed by atoms with E-state index in [2.05, 4.69) is 191 Å². The van der Waals surface area contributed by atoms with E-state index in [1.165, 1.54) is 51.4 Å². The predicted octanol–water partition coefficient (Wildman–Crippen LogP) is 22.7. The molecule has 0 aromatic heterocycles. The molecule has 0 aliphatic rings. The third-order valence-corrected chi connectivity index (χ3v) is 13.2. The summed E-state index contributed by atoms with van der Waals surface area (Å²) in [6.07, 6.45) is 99.5. The largest absolute Gasteiger partial charge is 0.462 e. The molecule has 0 radical (unpaired) electrons. The van der Waals surface area contributed by atoms with Gasteiger partial charge in [-0.3, -0.25) is 14.4 Å². The van der Waals surface area contributed by atoms with Gasteiger partial charge in [0.15, 0.2) is 6.10 Å². The smallest absolute Gasteiger partial charge is 0.306 e. The zero-order valence-corrected chi connectivity index (χ0v) is 52.0. The molecule has 0 aromatic rings. The van der Waals surface area contributed by atoms with Crippen molar-refractivity contribution >= 4 is 17.9 Å². The van der Waals surface area contributed by atoms with Crippen LogP contribution in [0.3, 0.4) is 0 Å². The van der Waals surface area contributed by atoms with Gasteiger partial charge in [0.1, 0.15) is 13.2 Å². The first-order valence-electron chi connectivity index (χ1n) is 32.6. The molecule has 0 aliphatic carbocycles. The molecule has 0 saturated heterocycles. The van der Waals surface area contributed by atoms with Gasteiger partial charge in [-0.15, -0.1) is 0 Å². The highest BCUT2D eigenvalue weighted by Gasteiger charge is 2.19. The van der Waals surface area contributed by atoms with Crippen molar-refractivity contribution in [2.45, 2.75) is 271 Å². The van der Waals surface area contributed by atoms with Gasteiger partial charge in [0.05, 0.1) is 0 Å². The molecule has 454 valence electrons. The molecule has 0 fully saturated rings. The molecule has 6 nitrogen and oxygen atoms in total. The van der Waals surface area contributed by atoms with Crippen LogP contribution in [0.15, 0.2) is 170 Å². The summed E-state index contributed by atoms with van der Waals surface area (Å²) in [5.74, 6) is -0.939. The van der Waals surface area contributed by atoms with E-state index in [1.807, 2.05) is 0 Å². The summed E-state index contributed by atoms with van der Waals surface area (Å²) in [6.45, 7) is 6.33. The molecule has 0 amide bonds. The van der Waals surface area contributed by atoms with Crippen LogP contribution in [0.2, 0.25) is 0 Å². The normalized spacial score (nSPS) is 13.3. The number of hydrogen-bond acceptors (Lipinski definition) is 6. The van der Waals surface area contributed by atoms with Gasteiger partial charge in [0, 0.05) is 19.3 Å². The minimum Gasteiger partial charge on any atom is -0.462 e. The van der Waals surface area contributed by atoms with Crippen molar-refractivity contribution in [2.75, 3.05) is 13.2 Å². The van der Waals surface area contributed by atoms with E-state index in [0.29, 0.717) is 19.3 Å². The van der Waals surface area contributed by atoms with Crippen LogP contribution in [0.5, 0.6) is 0 Å². The number of hydrogen-bond donors (Lipinski definition) is 0. The summed E-state index contributed by atoms with van der Waals surface area (Å²) in [5, 5.41) is 0. The van der Waals surface area contributed by atoms with E-state index < -0.39 is 6.10 Å². The van der Waals surface area contributed by atoms with E-state index >= 15 is 0 Å². The maximum atomic E-state index is 12.9. The highest BCUT2D eigenvalue weighted by atomic mass is 16.6. The summed E-state index contributed by atoms with van der Waals surface area (Å²) < 4.78 is 16.8. The molecule has 0 aromatic carbocycles. The third-order valence-electron chi connectivity index (χ3n) is 13.2. The lowest BCUT2D eigenvalue weighted by Gasteiger charge is -2.18. The van der Waals surface area contributed by atoms with Crippen molar-refractivity contribution in [3.8, 4) is 0 Å². The second kappa shape index (κ2) is 67.3. The fraction of sp³-hybridized carbons (Fsp3) is 0.587. The monoisotopic (exact) mass is 1110 g/mol. The average Bonchev–Trinajstić information content (AvgIpc) is 3.47. The highest BCUT2D eigenvalue weighted by Crippen LogP contribution is 2.14. The van der Waals surface area contributed by atoms with Crippen molar-refractivity contribution in [3.63, 3.8) is 0 Å². The van der Waals surface area contributed by atoms with E-state index in [9.17, 15) is 14.4 Å². The first-order chi connectivity index (χ1) is 40.0. The van der Waals surface area contributed by atoms with Gasteiger partial charge in [-0.2, -0.15) is 0 Å². The lowest BCUT2D eigenvalue weighted by Crippen LogP contribution is -2.30. The van der Waals surface area contributed by atoms with Crippen molar-refractivity contribution in [2.24, 2.45) is 0 Å². The zero-order chi connectivity index (χ0) is 58.5. The van der Waals surface area contributed by atoms with Gasteiger partial charge in [-0.25, -0.2) is 0 Å². The van der Waals surface area contributed by atoms with Crippen LogP contribution >= 0.6 is 0 Å². The van der Waals surface area contributed by atoms with Crippen LogP contribution < -0.4 is 0 Å². The van der Waals surface area contributed by atoms with Crippen molar-refractivity contribution < 1.29 is 28.6 Å². The Bertz CT molecular complexity index is 1860. The summed E-state index contributed by atoms with van der Waals surface area (Å²) in [7, 11) is 0. The van der Waals surface area contributed by atoms with Gasteiger partial charge < -0.3 is 14.2 Å². The number of rotatable bonds is 57. The van der Waals surface area contributed by atoms with Crippen LogP contribution in [0.25, 0.3) is 0 Å². The second-order valence-electron chi connectivity index (χ2n) is 20.9. The summed E-state index contributed by atoms with van der Waals surface area (Å²) >= 11 is 0. The number of unbranched alkanes of at least 4 members (excludes halogenated alkanes) is 18. The van der Waals surface area contributed by atoms with Crippen molar-refractivity contribution in [1.29, 1.82) is 0 Å². The number of esters is 3. The van der Waals surface area contributed by atoms with Crippen LogP contribution in [0.1, 0.15) is 265 Å². The Kier molecular flexibility index (Phi) is 62.9. The highest BCUT2D eigenvalue weighted by molar-refractivity contribution is 5.71. The molecule has 0 rings (SSSR count). The van der Waals surface area contributed by atoms with Crippen LogP contribution in [0, 0.1) is 0 Å². The lowest BCUT2D eigenvalue weighted by atomic mass is 10.1. The number of carbonyl (C=O) groups is 3. The Morgan fingerprint density at radius 3 is 0.753 bits per heavy atom. The van der Waals surface area contributed by atoms with Crippen molar-refractivity contribution in [1.82, 2.24) is 0 Å². The first kappa shape index (κ1) is 75.8. The second-order valence-corrected chi connectivity index (χ2v) is 20.9. The van der Waals surface area contributed by atoms with Crippen LogP contribution in [0.4, 0.5) is 0 Å². The molecule has 0 saturated carbocycles. The van der Waals surface area contributed by atoms with E-state index in [4.69, 9.17) is 14.2 Å². The molecule has 0 spiro atoms. The molecule has 81 heavy (non-hydrogen) atoms. The van der Waals surface area contributed by atoms with E-state index in [1.54, 1.807) is 0 Å². The van der Waals surface area contributed by atoms with E-state index in [0.717, 1.165) is 173 Å². The van der Waals surface area contributed by atoms with Crippen LogP contribution in [-0.2, 0) is 28.6 Å². The van der Waals surface area contributed by atoms with Gasteiger partial charge in [-0.05, 0) is 135 Å². The summed E-state index contributed by atoms with van der Waals surface area (Å²) in [4.78, 5) is 38.1. The molecule has 6 heteroatoms. The van der Waals surface area contributed by atoms with Gasteiger partial charge in [0.2, 0.25) is 0 Å². The Morgan fingerprint density at radius 1 is 0.259 bits per heavy atom. The number of carbonyl (C=O) groups excluding carboxylic acids is 3. The van der Waals surface area contributed by atoms with Gasteiger partial charge in [-0.1, -0.05) is 281 Å². The molecule has 1 unspecified atom stereocenters. The predicted molar refractivity (Wildman–Crippen MR) is 352 cm³/mol. The molecular formula is C75H118O6. The fourth-order valence-electron chi connectivity index (χ4n) is 8.40. The van der Waals surface area contributed by atoms with E-state index in [-0.39, 0.29) is 31.1 Å². The van der Waals surface area contributed by atoms with Crippen molar-refractivity contribution in [3.05, 3.63) is 170 Å². The lowest BCUT2D eigenvalue weighted by molar-refractivity contribution is -0.167. The number of ether oxygens (including phenoxy) is 3. The standard InChI is InChI=1S/C75H118O6/c1-4-7-10-13-16-18-20-22-24-26-28-30-32-34-36-37-39-40-42-44-46-48-50-52-54-56-59-62-65-68-74(77)80-71-72(70-79-73(76)67-64-61-58-15-12-9-6-3)81-75(78)69-66-63-60-57-55-53-51-49-47-45-43-41-38-35-33-31-29-27-25-23-21-19-17-14-11-8-5-2/h7-8,10-11,16-19,22-25,28-31,34-36,38-40,43-46,49,51,72H,4-6,9,12-15,20-21,26-27,32-33,37,41-42,47-48,50,52-71H2,1-3H3/b10-7-,11-8-,18-16-,19-17-,24-22-,25-23-,30-28-,31-29-,36-34-,38-35-,40-39-,45-43-,46-44-,51-49-. The fourth-order valence-corrected chi connectivity index (χ4v) is 8.40. The SMILES string of the molecule is CC/C=C\C/C=C\C/C=C\C/C=C\C/C=C\C/C=C\C/C=C\CCCCCCCCCC(=O)OCC(COC(=O)CCCCCCCCC)OC(=O)CCCCCCC/C=C\C/C=C\C/C=C\C/C=C\C/C=C\C/C=C\C/C=C\CC. The third kappa shape index (κ3) is 65.5. The molecule has 1 atom stereocenters. The zero-order valence-electron chi connectivity index (χ0n) is 52.0. The molecule has 0 aliphatic heterocycles. The Labute approximate surface area is 498 Å². The minimum atomic E-state index is -0.800. The minimum absolute atomic E-state index is 0.0960. The van der Waals surface area contributed by atoms with Crippen LogP contribution in [-0.4, -0.2) is 37.2 Å². The summed E-state index contributed by atoms with van der Waals surface area (Å²) in [5.41, 5.74) is 0. The average molecular weight is 1120 g/mol. The Balaban J connectivity index is 4.26. The first-order valence-corrected chi connectivity index (χ1v) is 32.6. The topological polar surface area (TPSA) is 78.9 Å². The molecule has 0 heterocycles. The quantitative estimate of drug-likeness (QED) is 0.0261. The summed E-state index contributed by atoms with van der Waals surface area (Å²) in [6, 6.07) is 0. The molecule has 0 N–H and O–H groups in total. The van der Waals surface area contributed by atoms with Gasteiger partial charge in [0.25, 0.3) is 0 Å². The maximum Gasteiger partial charge on any atom is 0.306 e.